The highest BCUT2D eigenvalue weighted by Crippen LogP contribution is 2.52. The zero-order chi connectivity index (χ0) is 22.2. The molecule has 31 heavy (non-hydrogen) atoms. The van der Waals surface area contributed by atoms with Gasteiger partial charge in [-0.1, -0.05) is 35.9 Å². The molecule has 2 aromatic carbocycles. The Morgan fingerprint density at radius 3 is 2.81 bits per heavy atom. The van der Waals surface area contributed by atoms with E-state index < -0.39 is 16.7 Å². The number of aromatic nitrogens is 1. The van der Waals surface area contributed by atoms with Crippen molar-refractivity contribution in [2.45, 2.75) is 24.5 Å². The van der Waals surface area contributed by atoms with Crippen LogP contribution in [0.25, 0.3) is 10.9 Å². The monoisotopic (exact) mass is 463 g/mol. The number of aliphatic hydroxyl groups is 2. The molecular weight excluding hydrogens is 438 g/mol. The molecule has 1 aliphatic heterocycles. The summed E-state index contributed by atoms with van der Waals surface area (Å²) in [6.45, 7) is 2.74. The minimum atomic E-state index is -2.96. The maximum atomic E-state index is 10.7. The Morgan fingerprint density at radius 1 is 1.23 bits per heavy atom. The number of para-hydroxylation sites is 1. The maximum absolute atomic E-state index is 10.7. The van der Waals surface area contributed by atoms with Crippen LogP contribution in [0.5, 0.6) is 0 Å². The summed E-state index contributed by atoms with van der Waals surface area (Å²) in [5, 5.41) is 23.6. The first-order valence-corrected chi connectivity index (χ1v) is 12.1. The van der Waals surface area contributed by atoms with E-state index in [1.54, 1.807) is 12.1 Å². The van der Waals surface area contributed by atoms with E-state index in [0.717, 1.165) is 27.7 Å². The minimum Gasteiger partial charge on any atom is -0.394 e. The molecule has 0 saturated heterocycles. The largest absolute Gasteiger partial charge is 0.394 e. The van der Waals surface area contributed by atoms with Crippen LogP contribution in [0.4, 0.5) is 11.5 Å². The van der Waals surface area contributed by atoms with Crippen molar-refractivity contribution < 1.29 is 19.3 Å². The molecule has 1 unspecified atom stereocenters. The maximum Gasteiger partial charge on any atom is 0.131 e. The number of nitrogens with zero attached hydrogens (tertiary/aromatic N) is 2. The highest BCUT2D eigenvalue weighted by atomic mass is 35.5. The number of benzene rings is 2. The smallest absolute Gasteiger partial charge is 0.131 e. The average Bonchev–Trinajstić information content (AvgIpc) is 2.88. The van der Waals surface area contributed by atoms with Gasteiger partial charge in [-0.2, -0.15) is 10.6 Å². The number of aliphatic hydroxyl groups excluding tert-OH is 2. The number of fused-ring (bicyclic) bond motifs is 2. The Bertz CT molecular complexity index is 1110. The molecule has 1 aromatic heterocycles. The van der Waals surface area contributed by atoms with Gasteiger partial charge in [-0.15, -0.1) is 0 Å². The van der Waals surface area contributed by atoms with E-state index in [0.29, 0.717) is 28.8 Å². The van der Waals surface area contributed by atoms with Gasteiger partial charge < -0.3 is 20.4 Å². The third kappa shape index (κ3) is 4.59. The van der Waals surface area contributed by atoms with Crippen LogP contribution in [0.15, 0.2) is 47.4 Å². The lowest BCUT2D eigenvalue weighted by molar-refractivity contribution is 0.105. The van der Waals surface area contributed by atoms with Gasteiger partial charge in [0.05, 0.1) is 28.9 Å². The lowest BCUT2D eigenvalue weighted by atomic mass is 10.1. The van der Waals surface area contributed by atoms with E-state index in [4.69, 9.17) is 21.7 Å². The van der Waals surface area contributed by atoms with Gasteiger partial charge in [0.15, 0.2) is 0 Å². The normalized spacial score (nSPS) is 17.7. The summed E-state index contributed by atoms with van der Waals surface area (Å²) in [6.07, 6.45) is -0.876. The van der Waals surface area contributed by atoms with Crippen LogP contribution >= 0.6 is 22.2 Å². The van der Waals surface area contributed by atoms with Gasteiger partial charge in [0.2, 0.25) is 0 Å². The van der Waals surface area contributed by atoms with Crippen molar-refractivity contribution in [3.63, 3.8) is 0 Å². The number of hydrogen-bond donors (Lipinski definition) is 5. The second-order valence-corrected chi connectivity index (χ2v) is 10.4. The summed E-state index contributed by atoms with van der Waals surface area (Å²) < 4.78 is 21.4. The summed E-state index contributed by atoms with van der Waals surface area (Å²) >= 11 is 6.11. The molecule has 0 fully saturated rings. The standard InChI is InChI=1S/C22H26ClN3O4S/c1-14-3-2-4-18-19(24-11-17(28)13-27)10-21(25-22(14)18)26-7-8-31(29,30)20-9-16(23)6-5-15(20)12-26/h2-6,9-10,17,27-30H,7-8,11-13H2,1H3,(H,24,25). The van der Waals surface area contributed by atoms with Crippen molar-refractivity contribution in [1.29, 1.82) is 0 Å². The summed E-state index contributed by atoms with van der Waals surface area (Å²) in [5.41, 5.74) is 3.44. The Morgan fingerprint density at radius 2 is 2.03 bits per heavy atom. The molecule has 0 bridgehead atoms. The van der Waals surface area contributed by atoms with Crippen molar-refractivity contribution >= 4 is 44.6 Å². The van der Waals surface area contributed by atoms with Crippen molar-refractivity contribution in [3.05, 3.63) is 58.6 Å². The van der Waals surface area contributed by atoms with E-state index in [9.17, 15) is 14.2 Å². The molecule has 0 saturated carbocycles. The number of aryl methyl sites for hydroxylation is 1. The molecule has 0 amide bonds. The number of rotatable bonds is 5. The first-order chi connectivity index (χ1) is 14.8. The highest BCUT2D eigenvalue weighted by molar-refractivity contribution is 8.24. The number of halogens is 1. The van der Waals surface area contributed by atoms with Crippen LogP contribution in [0.3, 0.4) is 0 Å². The van der Waals surface area contributed by atoms with Gasteiger partial charge in [-0.05, 0) is 30.2 Å². The molecule has 0 radical (unpaired) electrons. The molecule has 1 aliphatic rings. The first-order valence-electron chi connectivity index (χ1n) is 10.0. The van der Waals surface area contributed by atoms with E-state index in [1.165, 1.54) is 0 Å². The number of anilines is 2. The number of nitrogens with one attached hydrogen (secondary N) is 1. The van der Waals surface area contributed by atoms with Gasteiger partial charge in [0.25, 0.3) is 0 Å². The van der Waals surface area contributed by atoms with Gasteiger partial charge in [-0.3, -0.25) is 9.11 Å². The van der Waals surface area contributed by atoms with Gasteiger partial charge in [-0.25, -0.2) is 4.98 Å². The molecule has 1 atom stereocenters. The van der Waals surface area contributed by atoms with Crippen molar-refractivity contribution in [2.24, 2.45) is 0 Å². The lowest BCUT2D eigenvalue weighted by Gasteiger charge is -2.32. The topological polar surface area (TPSA) is 109 Å². The highest BCUT2D eigenvalue weighted by Gasteiger charge is 2.27. The molecule has 166 valence electrons. The summed E-state index contributed by atoms with van der Waals surface area (Å²) in [6, 6.07) is 13.0. The predicted molar refractivity (Wildman–Crippen MR) is 127 cm³/mol. The molecule has 0 spiro atoms. The first kappa shape index (κ1) is 22.1. The van der Waals surface area contributed by atoms with Gasteiger partial charge in [0.1, 0.15) is 5.82 Å². The van der Waals surface area contributed by atoms with Crippen LogP contribution in [-0.4, -0.2) is 55.9 Å². The van der Waals surface area contributed by atoms with Crippen LogP contribution in [0, 0.1) is 6.92 Å². The number of hydrogen-bond acceptors (Lipinski definition) is 7. The Balaban J connectivity index is 1.77. The van der Waals surface area contributed by atoms with Crippen molar-refractivity contribution in [1.82, 2.24) is 4.98 Å². The number of pyridine rings is 1. The Labute approximate surface area is 187 Å². The molecule has 3 aromatic rings. The summed E-state index contributed by atoms with van der Waals surface area (Å²) in [7, 11) is -2.96. The van der Waals surface area contributed by atoms with E-state index >= 15 is 0 Å². The van der Waals surface area contributed by atoms with Crippen LogP contribution < -0.4 is 10.2 Å². The molecule has 2 heterocycles. The molecular formula is C22H26ClN3O4S. The molecule has 7 nitrogen and oxygen atoms in total. The second kappa shape index (κ2) is 8.82. The molecule has 9 heteroatoms. The summed E-state index contributed by atoms with van der Waals surface area (Å²) in [5.74, 6) is 0.876. The fourth-order valence-corrected chi connectivity index (χ4v) is 5.57. The average molecular weight is 464 g/mol. The zero-order valence-electron chi connectivity index (χ0n) is 17.1. The predicted octanol–water partition coefficient (Wildman–Crippen LogP) is 4.09. The fraction of sp³-hybridized carbons (Fsp3) is 0.318. The SMILES string of the molecule is Cc1cccc2c(NCC(O)CO)cc(N3CCS(O)(O)c4cc(Cl)ccc4C3)nc12. The van der Waals surface area contributed by atoms with Crippen LogP contribution in [0.2, 0.25) is 5.02 Å². The summed E-state index contributed by atoms with van der Waals surface area (Å²) in [4.78, 5) is 7.39. The second-order valence-electron chi connectivity index (χ2n) is 7.76. The molecule has 5 N–H and O–H groups in total. The van der Waals surface area contributed by atoms with Crippen LogP contribution in [-0.2, 0) is 6.54 Å². The zero-order valence-corrected chi connectivity index (χ0v) is 18.7. The molecule has 0 aliphatic carbocycles. The van der Waals surface area contributed by atoms with Gasteiger partial charge >= 0.3 is 0 Å². The Kier molecular flexibility index (Phi) is 6.30. The quantitative estimate of drug-likeness (QED) is 0.387. The van der Waals surface area contributed by atoms with E-state index in [2.05, 4.69) is 5.32 Å². The van der Waals surface area contributed by atoms with Crippen molar-refractivity contribution in [3.8, 4) is 0 Å². The van der Waals surface area contributed by atoms with Crippen molar-refractivity contribution in [2.75, 3.05) is 35.7 Å². The van der Waals surface area contributed by atoms with Crippen LogP contribution in [0.1, 0.15) is 11.1 Å². The lowest BCUT2D eigenvalue weighted by Crippen LogP contribution is -2.27. The fourth-order valence-electron chi connectivity index (χ4n) is 3.77. The third-order valence-electron chi connectivity index (χ3n) is 5.48. The Hall–Kier alpha value is -2.07. The van der Waals surface area contributed by atoms with Gasteiger partial charge in [0, 0.05) is 41.8 Å². The van der Waals surface area contributed by atoms with E-state index in [-0.39, 0.29) is 18.9 Å². The third-order valence-corrected chi connectivity index (χ3v) is 7.55. The minimum absolute atomic E-state index is 0.180. The molecule has 4 rings (SSSR count). The van der Waals surface area contributed by atoms with E-state index in [1.807, 2.05) is 42.2 Å².